The molecule has 0 bridgehead atoms. The van der Waals surface area contributed by atoms with Crippen molar-refractivity contribution in [1.29, 1.82) is 0 Å². The van der Waals surface area contributed by atoms with Crippen LogP contribution in [-0.2, 0) is 9.84 Å². The van der Waals surface area contributed by atoms with Gasteiger partial charge in [0.1, 0.15) is 0 Å². The highest BCUT2D eigenvalue weighted by atomic mass is 32.2. The van der Waals surface area contributed by atoms with E-state index in [0.717, 1.165) is 13.0 Å². The molecule has 0 aromatic heterocycles. The second kappa shape index (κ2) is 4.27. The van der Waals surface area contributed by atoms with Gasteiger partial charge in [0.15, 0.2) is 9.84 Å². The highest BCUT2D eigenvalue weighted by Gasteiger charge is 2.42. The van der Waals surface area contributed by atoms with Gasteiger partial charge in [-0.2, -0.15) is 0 Å². The minimum Gasteiger partial charge on any atom is -0.390 e. The maximum Gasteiger partial charge on any atom is 0.154 e. The van der Waals surface area contributed by atoms with Crippen molar-refractivity contribution in [3.05, 3.63) is 0 Å². The van der Waals surface area contributed by atoms with Crippen LogP contribution in [0.5, 0.6) is 0 Å². The molecular weight excluding hydrogens is 226 g/mol. The third-order valence-corrected chi connectivity index (χ3v) is 5.84. The first-order valence-electron chi connectivity index (χ1n) is 6.05. The summed E-state index contributed by atoms with van der Waals surface area (Å²) in [6.45, 7) is 5.26. The molecule has 0 aromatic rings. The molecule has 0 aliphatic carbocycles. The van der Waals surface area contributed by atoms with Crippen LogP contribution in [0.1, 0.15) is 26.7 Å². The molecule has 2 rings (SSSR count). The lowest BCUT2D eigenvalue weighted by atomic mass is 9.90. The number of likely N-dealkylation sites (tertiary alicyclic amines) is 1. The summed E-state index contributed by atoms with van der Waals surface area (Å²) in [5.74, 6) is 0.657. The van der Waals surface area contributed by atoms with Crippen molar-refractivity contribution in [3.63, 3.8) is 0 Å². The smallest absolute Gasteiger partial charge is 0.154 e. The summed E-state index contributed by atoms with van der Waals surface area (Å²) in [7, 11) is -3.03. The fourth-order valence-electron chi connectivity index (χ4n) is 2.96. The molecule has 0 saturated carbocycles. The Morgan fingerprint density at radius 1 is 1.25 bits per heavy atom. The highest BCUT2D eigenvalue weighted by Crippen LogP contribution is 2.29. The standard InChI is InChI=1S/C11H21NO3S/c1-8-4-3-5-12(9(8)2)10-6-16(14,15)7-11(10)13/h8-11,13H,3-7H2,1-2H3. The summed E-state index contributed by atoms with van der Waals surface area (Å²) >= 11 is 0. The van der Waals surface area contributed by atoms with Crippen molar-refractivity contribution >= 4 is 9.84 Å². The van der Waals surface area contributed by atoms with Crippen LogP contribution in [0.25, 0.3) is 0 Å². The van der Waals surface area contributed by atoms with Gasteiger partial charge in [0.25, 0.3) is 0 Å². The zero-order valence-corrected chi connectivity index (χ0v) is 10.8. The van der Waals surface area contributed by atoms with Crippen LogP contribution >= 0.6 is 0 Å². The summed E-state index contributed by atoms with van der Waals surface area (Å²) in [5, 5.41) is 9.86. The average molecular weight is 247 g/mol. The predicted molar refractivity (Wildman–Crippen MR) is 63.0 cm³/mol. The maximum absolute atomic E-state index is 11.5. The number of piperidine rings is 1. The van der Waals surface area contributed by atoms with E-state index in [1.54, 1.807) is 0 Å². The molecule has 16 heavy (non-hydrogen) atoms. The van der Waals surface area contributed by atoms with E-state index < -0.39 is 15.9 Å². The molecule has 5 heteroatoms. The minimum absolute atomic E-state index is 0.0603. The number of sulfone groups is 1. The average Bonchev–Trinajstić information content (AvgIpc) is 2.44. The van der Waals surface area contributed by atoms with Crippen LogP contribution in [0.15, 0.2) is 0 Å². The molecule has 4 nitrogen and oxygen atoms in total. The quantitative estimate of drug-likeness (QED) is 0.722. The molecule has 94 valence electrons. The Morgan fingerprint density at radius 2 is 1.94 bits per heavy atom. The van der Waals surface area contributed by atoms with Gasteiger partial charge < -0.3 is 5.11 Å². The first-order chi connectivity index (χ1) is 7.41. The molecule has 0 aromatic carbocycles. The number of nitrogens with zero attached hydrogens (tertiary/aromatic N) is 1. The monoisotopic (exact) mass is 247 g/mol. The molecule has 4 atom stereocenters. The maximum atomic E-state index is 11.5. The van der Waals surface area contributed by atoms with E-state index in [4.69, 9.17) is 0 Å². The zero-order valence-electron chi connectivity index (χ0n) is 9.96. The lowest BCUT2D eigenvalue weighted by Gasteiger charge is -2.42. The van der Waals surface area contributed by atoms with Crippen molar-refractivity contribution in [3.8, 4) is 0 Å². The Labute approximate surface area is 97.6 Å². The second-order valence-electron chi connectivity index (χ2n) is 5.31. The summed E-state index contributed by atoms with van der Waals surface area (Å²) in [6, 6.07) is 0.199. The first-order valence-corrected chi connectivity index (χ1v) is 7.87. The molecule has 2 saturated heterocycles. The first kappa shape index (κ1) is 12.3. The zero-order chi connectivity index (χ0) is 11.9. The largest absolute Gasteiger partial charge is 0.390 e. The van der Waals surface area contributed by atoms with Crippen LogP contribution in [-0.4, -0.2) is 54.7 Å². The Hall–Kier alpha value is -0.130. The molecule has 2 aliphatic heterocycles. The number of hydrogen-bond acceptors (Lipinski definition) is 4. The van der Waals surface area contributed by atoms with Crippen molar-refractivity contribution in [2.45, 2.75) is 44.9 Å². The van der Waals surface area contributed by atoms with E-state index in [1.807, 2.05) is 0 Å². The van der Waals surface area contributed by atoms with Gasteiger partial charge in [-0.25, -0.2) is 8.42 Å². The van der Waals surface area contributed by atoms with E-state index in [0.29, 0.717) is 12.0 Å². The lowest BCUT2D eigenvalue weighted by Crippen LogP contribution is -2.52. The van der Waals surface area contributed by atoms with Gasteiger partial charge in [0.2, 0.25) is 0 Å². The van der Waals surface area contributed by atoms with Crippen LogP contribution in [0.3, 0.4) is 0 Å². The fraction of sp³-hybridized carbons (Fsp3) is 1.00. The van der Waals surface area contributed by atoms with Gasteiger partial charge in [-0.1, -0.05) is 6.92 Å². The highest BCUT2D eigenvalue weighted by molar-refractivity contribution is 7.91. The van der Waals surface area contributed by atoms with E-state index in [-0.39, 0.29) is 17.5 Å². The van der Waals surface area contributed by atoms with Crippen LogP contribution in [0.2, 0.25) is 0 Å². The van der Waals surface area contributed by atoms with Gasteiger partial charge in [-0.3, -0.25) is 4.90 Å². The molecule has 2 heterocycles. The molecule has 0 radical (unpaired) electrons. The number of aliphatic hydroxyl groups is 1. The summed E-state index contributed by atoms with van der Waals surface area (Å²) in [4.78, 5) is 2.20. The number of hydrogen-bond donors (Lipinski definition) is 1. The summed E-state index contributed by atoms with van der Waals surface area (Å²) in [6.07, 6.45) is 1.61. The Bertz CT molecular complexity index is 354. The normalized spacial score (nSPS) is 44.7. The van der Waals surface area contributed by atoms with E-state index in [2.05, 4.69) is 18.7 Å². The summed E-state index contributed by atoms with van der Waals surface area (Å²) in [5.41, 5.74) is 0. The van der Waals surface area contributed by atoms with Gasteiger partial charge >= 0.3 is 0 Å². The molecule has 0 spiro atoms. The Balaban J connectivity index is 2.13. The third kappa shape index (κ3) is 2.26. The van der Waals surface area contributed by atoms with Crippen molar-refractivity contribution in [2.24, 2.45) is 5.92 Å². The Morgan fingerprint density at radius 3 is 2.50 bits per heavy atom. The van der Waals surface area contributed by atoms with E-state index in [9.17, 15) is 13.5 Å². The lowest BCUT2D eigenvalue weighted by molar-refractivity contribution is 0.0201. The topological polar surface area (TPSA) is 57.6 Å². The predicted octanol–water partition coefficient (Wildman–Crippen LogP) is 0.265. The second-order valence-corrected chi connectivity index (χ2v) is 7.46. The third-order valence-electron chi connectivity index (χ3n) is 4.14. The van der Waals surface area contributed by atoms with Crippen LogP contribution in [0, 0.1) is 5.92 Å². The molecule has 1 N–H and O–H groups in total. The van der Waals surface area contributed by atoms with Gasteiger partial charge in [0.05, 0.1) is 23.7 Å². The van der Waals surface area contributed by atoms with Crippen molar-refractivity contribution in [2.75, 3.05) is 18.1 Å². The fourth-order valence-corrected chi connectivity index (χ4v) is 4.78. The molecule has 4 unspecified atom stereocenters. The minimum atomic E-state index is -3.03. The van der Waals surface area contributed by atoms with Crippen LogP contribution < -0.4 is 0 Å². The van der Waals surface area contributed by atoms with Gasteiger partial charge in [-0.05, 0) is 32.2 Å². The van der Waals surface area contributed by atoms with Crippen LogP contribution in [0.4, 0.5) is 0 Å². The number of aliphatic hydroxyl groups excluding tert-OH is 1. The van der Waals surface area contributed by atoms with E-state index in [1.165, 1.54) is 6.42 Å². The molecule has 2 aliphatic rings. The summed E-state index contributed by atoms with van der Waals surface area (Å²) < 4.78 is 23.0. The molecule has 2 fully saturated rings. The Kier molecular flexibility index (Phi) is 3.29. The molecule has 0 amide bonds. The van der Waals surface area contributed by atoms with Gasteiger partial charge in [-0.15, -0.1) is 0 Å². The van der Waals surface area contributed by atoms with E-state index >= 15 is 0 Å². The van der Waals surface area contributed by atoms with Crippen molar-refractivity contribution < 1.29 is 13.5 Å². The van der Waals surface area contributed by atoms with Gasteiger partial charge in [0, 0.05) is 6.04 Å². The number of rotatable bonds is 1. The van der Waals surface area contributed by atoms with Crippen molar-refractivity contribution in [1.82, 2.24) is 4.90 Å². The molecular formula is C11H21NO3S. The SMILES string of the molecule is CC1CCCN(C2CS(=O)(=O)CC2O)C1C.